The van der Waals surface area contributed by atoms with E-state index < -0.39 is 0 Å². The molecule has 15 heavy (non-hydrogen) atoms. The predicted molar refractivity (Wildman–Crippen MR) is 72.1 cm³/mol. The Hall–Kier alpha value is 0.0500. The summed E-state index contributed by atoms with van der Waals surface area (Å²) in [5, 5.41) is 1.10. The SMILES string of the molecule is CC(CBr)CSc1ccc2c(c1)CCC2. The second-order valence-corrected chi connectivity index (χ2v) is 6.10. The fraction of sp³-hybridized carbons (Fsp3) is 0.538. The van der Waals surface area contributed by atoms with Gasteiger partial charge in [0.1, 0.15) is 0 Å². The molecule has 0 saturated carbocycles. The van der Waals surface area contributed by atoms with E-state index >= 15 is 0 Å². The van der Waals surface area contributed by atoms with Crippen molar-refractivity contribution in [2.75, 3.05) is 11.1 Å². The van der Waals surface area contributed by atoms with Crippen LogP contribution in [0, 0.1) is 5.92 Å². The zero-order valence-corrected chi connectivity index (χ0v) is 11.5. The van der Waals surface area contributed by atoms with Gasteiger partial charge in [0.25, 0.3) is 0 Å². The topological polar surface area (TPSA) is 0 Å². The van der Waals surface area contributed by atoms with Gasteiger partial charge < -0.3 is 0 Å². The summed E-state index contributed by atoms with van der Waals surface area (Å²) >= 11 is 5.51. The van der Waals surface area contributed by atoms with Gasteiger partial charge in [0, 0.05) is 16.0 Å². The molecule has 0 N–H and O–H groups in total. The first-order valence-electron chi connectivity index (χ1n) is 5.60. The molecule has 0 bridgehead atoms. The quantitative estimate of drug-likeness (QED) is 0.587. The van der Waals surface area contributed by atoms with E-state index in [4.69, 9.17) is 0 Å². The zero-order valence-electron chi connectivity index (χ0n) is 9.13. The molecule has 82 valence electrons. The number of rotatable bonds is 4. The van der Waals surface area contributed by atoms with Crippen LogP contribution in [0.4, 0.5) is 0 Å². The molecule has 2 rings (SSSR count). The van der Waals surface area contributed by atoms with Crippen molar-refractivity contribution in [2.24, 2.45) is 5.92 Å². The lowest BCUT2D eigenvalue weighted by Crippen LogP contribution is -1.98. The lowest BCUT2D eigenvalue weighted by Gasteiger charge is -2.08. The molecule has 1 aliphatic carbocycles. The zero-order chi connectivity index (χ0) is 10.7. The Labute approximate surface area is 105 Å². The maximum absolute atomic E-state index is 3.52. The summed E-state index contributed by atoms with van der Waals surface area (Å²) in [4.78, 5) is 1.45. The fourth-order valence-corrected chi connectivity index (χ4v) is 3.44. The molecule has 0 radical (unpaired) electrons. The van der Waals surface area contributed by atoms with Crippen LogP contribution in [-0.2, 0) is 12.8 Å². The van der Waals surface area contributed by atoms with Crippen molar-refractivity contribution in [1.82, 2.24) is 0 Å². The Morgan fingerprint density at radius 2 is 2.13 bits per heavy atom. The fourth-order valence-electron chi connectivity index (χ4n) is 1.92. The lowest BCUT2D eigenvalue weighted by molar-refractivity contribution is 0.770. The van der Waals surface area contributed by atoms with Crippen molar-refractivity contribution in [3.63, 3.8) is 0 Å². The highest BCUT2D eigenvalue weighted by atomic mass is 79.9. The smallest absolute Gasteiger partial charge is 0.00749 e. The highest BCUT2D eigenvalue weighted by Gasteiger charge is 2.11. The molecule has 0 aromatic heterocycles. The van der Waals surface area contributed by atoms with Crippen molar-refractivity contribution in [3.8, 4) is 0 Å². The van der Waals surface area contributed by atoms with E-state index in [9.17, 15) is 0 Å². The molecule has 0 nitrogen and oxygen atoms in total. The predicted octanol–water partition coefficient (Wildman–Crippen LogP) is 4.30. The van der Waals surface area contributed by atoms with Gasteiger partial charge in [0.15, 0.2) is 0 Å². The largest absolute Gasteiger partial charge is 0.126 e. The molecule has 1 atom stereocenters. The molecule has 2 heteroatoms. The standard InChI is InChI=1S/C13H17BrS/c1-10(8-14)9-15-13-6-5-11-3-2-4-12(11)7-13/h5-7,10H,2-4,8-9H2,1H3. The Balaban J connectivity index is 1.98. The van der Waals surface area contributed by atoms with Crippen molar-refractivity contribution >= 4 is 27.7 Å². The molecule has 0 aliphatic heterocycles. The molecule has 0 saturated heterocycles. The molecular weight excluding hydrogens is 268 g/mol. The minimum atomic E-state index is 0.753. The first-order valence-corrected chi connectivity index (χ1v) is 7.71. The van der Waals surface area contributed by atoms with E-state index in [1.54, 1.807) is 11.1 Å². The van der Waals surface area contributed by atoms with Crippen LogP contribution in [0.15, 0.2) is 23.1 Å². The van der Waals surface area contributed by atoms with E-state index in [0.717, 1.165) is 11.2 Å². The van der Waals surface area contributed by atoms with E-state index in [0.29, 0.717) is 0 Å². The molecule has 0 amide bonds. The second kappa shape index (κ2) is 5.40. The highest BCUT2D eigenvalue weighted by Crippen LogP contribution is 2.28. The number of halogens is 1. The minimum Gasteiger partial charge on any atom is -0.126 e. The van der Waals surface area contributed by atoms with Crippen LogP contribution in [0.3, 0.4) is 0 Å². The van der Waals surface area contributed by atoms with E-state index in [1.807, 2.05) is 11.8 Å². The number of benzene rings is 1. The van der Waals surface area contributed by atoms with Gasteiger partial charge in [-0.2, -0.15) is 0 Å². The molecule has 0 fully saturated rings. The number of fused-ring (bicyclic) bond motifs is 1. The summed E-state index contributed by atoms with van der Waals surface area (Å²) < 4.78 is 0. The van der Waals surface area contributed by atoms with Crippen LogP contribution >= 0.6 is 27.7 Å². The summed E-state index contributed by atoms with van der Waals surface area (Å²) in [7, 11) is 0. The van der Waals surface area contributed by atoms with Crippen molar-refractivity contribution in [3.05, 3.63) is 29.3 Å². The molecule has 1 aromatic rings. The highest BCUT2D eigenvalue weighted by molar-refractivity contribution is 9.09. The summed E-state index contributed by atoms with van der Waals surface area (Å²) in [5.41, 5.74) is 3.17. The minimum absolute atomic E-state index is 0.753. The van der Waals surface area contributed by atoms with Crippen molar-refractivity contribution < 1.29 is 0 Å². The summed E-state index contributed by atoms with van der Waals surface area (Å²) in [6.45, 7) is 2.29. The number of aryl methyl sites for hydroxylation is 2. The molecule has 1 unspecified atom stereocenters. The molecule has 0 spiro atoms. The summed E-state index contributed by atoms with van der Waals surface area (Å²) in [6.07, 6.45) is 3.93. The number of thioether (sulfide) groups is 1. The molecule has 0 heterocycles. The van der Waals surface area contributed by atoms with Gasteiger partial charge in [0.05, 0.1) is 0 Å². The second-order valence-electron chi connectivity index (χ2n) is 4.35. The molecule has 1 aromatic carbocycles. The van der Waals surface area contributed by atoms with Gasteiger partial charge >= 0.3 is 0 Å². The first kappa shape index (κ1) is 11.5. The Kier molecular flexibility index (Phi) is 4.15. The van der Waals surface area contributed by atoms with Crippen molar-refractivity contribution in [2.45, 2.75) is 31.1 Å². The van der Waals surface area contributed by atoms with Crippen LogP contribution in [0.2, 0.25) is 0 Å². The molecular formula is C13H17BrS. The Morgan fingerprint density at radius 3 is 2.93 bits per heavy atom. The van der Waals surface area contributed by atoms with Crippen LogP contribution in [-0.4, -0.2) is 11.1 Å². The maximum Gasteiger partial charge on any atom is 0.00749 e. The van der Waals surface area contributed by atoms with Gasteiger partial charge in [-0.15, -0.1) is 11.8 Å². The Morgan fingerprint density at radius 1 is 1.33 bits per heavy atom. The van der Waals surface area contributed by atoms with Crippen LogP contribution in [0.25, 0.3) is 0 Å². The van der Waals surface area contributed by atoms with Gasteiger partial charge in [-0.05, 0) is 48.4 Å². The van der Waals surface area contributed by atoms with Gasteiger partial charge in [-0.3, -0.25) is 0 Å². The third-order valence-electron chi connectivity index (χ3n) is 2.87. The van der Waals surface area contributed by atoms with Crippen LogP contribution < -0.4 is 0 Å². The number of hydrogen-bond acceptors (Lipinski definition) is 1. The average molecular weight is 285 g/mol. The first-order chi connectivity index (χ1) is 7.29. The lowest BCUT2D eigenvalue weighted by atomic mass is 10.1. The van der Waals surface area contributed by atoms with Gasteiger partial charge in [0.2, 0.25) is 0 Å². The van der Waals surface area contributed by atoms with Crippen molar-refractivity contribution in [1.29, 1.82) is 0 Å². The number of hydrogen-bond donors (Lipinski definition) is 0. The third kappa shape index (κ3) is 3.01. The Bertz CT molecular complexity index is 335. The van der Waals surface area contributed by atoms with Gasteiger partial charge in [-0.25, -0.2) is 0 Å². The van der Waals surface area contributed by atoms with Gasteiger partial charge in [-0.1, -0.05) is 28.9 Å². The third-order valence-corrected chi connectivity index (χ3v) is 5.30. The summed E-state index contributed by atoms with van der Waals surface area (Å²) in [5.74, 6) is 1.97. The van der Waals surface area contributed by atoms with E-state index in [2.05, 4.69) is 41.1 Å². The van der Waals surface area contributed by atoms with Crippen LogP contribution in [0.1, 0.15) is 24.5 Å². The van der Waals surface area contributed by atoms with Crippen LogP contribution in [0.5, 0.6) is 0 Å². The number of alkyl halides is 1. The normalized spacial score (nSPS) is 16.4. The average Bonchev–Trinajstić information content (AvgIpc) is 2.72. The monoisotopic (exact) mass is 284 g/mol. The maximum atomic E-state index is 3.52. The van der Waals surface area contributed by atoms with E-state index in [-0.39, 0.29) is 0 Å². The molecule has 1 aliphatic rings. The van der Waals surface area contributed by atoms with E-state index in [1.165, 1.54) is 29.9 Å². The summed E-state index contributed by atoms with van der Waals surface area (Å²) in [6, 6.07) is 7.01.